The minimum absolute atomic E-state index is 0.0865. The number of hydrogen-bond acceptors (Lipinski definition) is 3. The molecular weight excluding hydrogens is 230 g/mol. The van der Waals surface area contributed by atoms with E-state index in [0.29, 0.717) is 5.92 Å². The second kappa shape index (κ2) is 5.69. The second-order valence-corrected chi connectivity index (χ2v) is 6.17. The summed E-state index contributed by atoms with van der Waals surface area (Å²) in [6, 6.07) is -0.679. The maximum Gasteiger partial charge on any atom is 0.242 e. The first kappa shape index (κ1) is 15.0. The van der Waals surface area contributed by atoms with Gasteiger partial charge < -0.3 is 16.0 Å². The van der Waals surface area contributed by atoms with Crippen molar-refractivity contribution >= 4 is 11.8 Å². The van der Waals surface area contributed by atoms with E-state index in [4.69, 9.17) is 0 Å². The zero-order chi connectivity index (χ0) is 13.9. The summed E-state index contributed by atoms with van der Waals surface area (Å²) in [7, 11) is 0. The van der Waals surface area contributed by atoms with Gasteiger partial charge in [0.2, 0.25) is 11.8 Å². The SMILES string of the molecule is CC(NC(=O)C1NCCC1C)C(=O)NC(C)(C)C. The van der Waals surface area contributed by atoms with E-state index in [9.17, 15) is 9.59 Å². The van der Waals surface area contributed by atoms with E-state index in [1.165, 1.54) is 0 Å². The monoisotopic (exact) mass is 255 g/mol. The molecule has 1 rings (SSSR count). The summed E-state index contributed by atoms with van der Waals surface area (Å²) < 4.78 is 0. The molecule has 1 aliphatic heterocycles. The van der Waals surface area contributed by atoms with Gasteiger partial charge in [0.05, 0.1) is 6.04 Å². The average molecular weight is 255 g/mol. The van der Waals surface area contributed by atoms with Crippen molar-refractivity contribution in [3.63, 3.8) is 0 Å². The van der Waals surface area contributed by atoms with Crippen molar-refractivity contribution in [2.45, 2.75) is 58.7 Å². The number of rotatable bonds is 3. The van der Waals surface area contributed by atoms with Gasteiger partial charge in [-0.05, 0) is 46.6 Å². The lowest BCUT2D eigenvalue weighted by atomic mass is 10.0. The quantitative estimate of drug-likeness (QED) is 0.684. The van der Waals surface area contributed by atoms with Crippen molar-refractivity contribution in [3.8, 4) is 0 Å². The lowest BCUT2D eigenvalue weighted by molar-refractivity contribution is -0.130. The van der Waals surface area contributed by atoms with Gasteiger partial charge in [-0.2, -0.15) is 0 Å². The zero-order valence-corrected chi connectivity index (χ0v) is 12.0. The maximum absolute atomic E-state index is 12.0. The Balaban J connectivity index is 2.46. The Morgan fingerprint density at radius 3 is 2.39 bits per heavy atom. The van der Waals surface area contributed by atoms with Gasteiger partial charge in [0.1, 0.15) is 6.04 Å². The molecule has 0 aliphatic carbocycles. The summed E-state index contributed by atoms with van der Waals surface area (Å²) >= 11 is 0. The summed E-state index contributed by atoms with van der Waals surface area (Å²) in [4.78, 5) is 23.8. The van der Waals surface area contributed by atoms with Crippen molar-refractivity contribution in [1.82, 2.24) is 16.0 Å². The fraction of sp³-hybridized carbons (Fsp3) is 0.846. The molecule has 1 aliphatic rings. The predicted octanol–water partition coefficient (Wildman–Crippen LogP) is 0.404. The minimum atomic E-state index is -0.508. The third-order valence-electron chi connectivity index (χ3n) is 3.07. The highest BCUT2D eigenvalue weighted by Crippen LogP contribution is 2.14. The van der Waals surface area contributed by atoms with E-state index in [-0.39, 0.29) is 23.4 Å². The first-order chi connectivity index (χ1) is 8.20. The fourth-order valence-corrected chi connectivity index (χ4v) is 2.03. The Bertz CT molecular complexity index is 323. The first-order valence-electron chi connectivity index (χ1n) is 6.56. The molecule has 0 aromatic rings. The summed E-state index contributed by atoms with van der Waals surface area (Å²) in [5.74, 6) is 0.0842. The Hall–Kier alpha value is -1.10. The highest BCUT2D eigenvalue weighted by molar-refractivity contribution is 5.90. The van der Waals surface area contributed by atoms with Crippen LogP contribution in [-0.4, -0.2) is 36.0 Å². The zero-order valence-electron chi connectivity index (χ0n) is 12.0. The molecule has 0 bridgehead atoms. The van der Waals surface area contributed by atoms with Gasteiger partial charge in [-0.25, -0.2) is 0 Å². The molecule has 3 atom stereocenters. The van der Waals surface area contributed by atoms with Crippen LogP contribution >= 0.6 is 0 Å². The van der Waals surface area contributed by atoms with E-state index in [1.54, 1.807) is 6.92 Å². The molecule has 104 valence electrons. The normalized spacial score (nSPS) is 25.6. The molecule has 1 heterocycles. The largest absolute Gasteiger partial charge is 0.350 e. The number of amides is 2. The van der Waals surface area contributed by atoms with Crippen LogP contribution in [0.5, 0.6) is 0 Å². The van der Waals surface area contributed by atoms with E-state index in [1.807, 2.05) is 27.7 Å². The van der Waals surface area contributed by atoms with Crippen LogP contribution in [0, 0.1) is 5.92 Å². The summed E-state index contributed by atoms with van der Waals surface area (Å²) in [5, 5.41) is 8.77. The lowest BCUT2D eigenvalue weighted by Crippen LogP contribution is -2.54. The number of carbonyl (C=O) groups is 2. The van der Waals surface area contributed by atoms with Gasteiger partial charge in [-0.15, -0.1) is 0 Å². The van der Waals surface area contributed by atoms with Crippen LogP contribution in [0.15, 0.2) is 0 Å². The Labute approximate surface area is 109 Å². The third kappa shape index (κ3) is 4.29. The van der Waals surface area contributed by atoms with Crippen LogP contribution < -0.4 is 16.0 Å². The van der Waals surface area contributed by atoms with Gasteiger partial charge in [0.15, 0.2) is 0 Å². The molecular formula is C13H25N3O2. The van der Waals surface area contributed by atoms with E-state index in [0.717, 1.165) is 13.0 Å². The topological polar surface area (TPSA) is 70.2 Å². The van der Waals surface area contributed by atoms with E-state index >= 15 is 0 Å². The van der Waals surface area contributed by atoms with Gasteiger partial charge >= 0.3 is 0 Å². The molecule has 3 unspecified atom stereocenters. The van der Waals surface area contributed by atoms with Gasteiger partial charge in [0, 0.05) is 5.54 Å². The summed E-state index contributed by atoms with van der Waals surface area (Å²) in [5.41, 5.74) is -0.283. The molecule has 1 fully saturated rings. The molecule has 0 spiro atoms. The fourth-order valence-electron chi connectivity index (χ4n) is 2.03. The van der Waals surface area contributed by atoms with Crippen molar-refractivity contribution in [3.05, 3.63) is 0 Å². The van der Waals surface area contributed by atoms with E-state index in [2.05, 4.69) is 16.0 Å². The predicted molar refractivity (Wildman–Crippen MR) is 71.1 cm³/mol. The van der Waals surface area contributed by atoms with Crippen LogP contribution in [0.3, 0.4) is 0 Å². The average Bonchev–Trinajstić information content (AvgIpc) is 2.61. The number of carbonyl (C=O) groups excluding carboxylic acids is 2. The lowest BCUT2D eigenvalue weighted by Gasteiger charge is -2.25. The molecule has 2 amide bonds. The molecule has 1 saturated heterocycles. The van der Waals surface area contributed by atoms with Crippen LogP contribution in [0.2, 0.25) is 0 Å². The van der Waals surface area contributed by atoms with Gasteiger partial charge in [-0.3, -0.25) is 9.59 Å². The first-order valence-corrected chi connectivity index (χ1v) is 6.56. The van der Waals surface area contributed by atoms with Crippen molar-refractivity contribution in [2.75, 3.05) is 6.54 Å². The van der Waals surface area contributed by atoms with Crippen LogP contribution in [0.4, 0.5) is 0 Å². The standard InChI is InChI=1S/C13H25N3O2/c1-8-6-7-14-10(8)12(18)15-9(2)11(17)16-13(3,4)5/h8-10,14H,6-7H2,1-5H3,(H,15,18)(H,16,17). The molecule has 3 N–H and O–H groups in total. The highest BCUT2D eigenvalue weighted by Gasteiger charge is 2.31. The molecule has 0 aromatic carbocycles. The molecule has 5 nitrogen and oxygen atoms in total. The molecule has 5 heteroatoms. The van der Waals surface area contributed by atoms with Crippen LogP contribution in [-0.2, 0) is 9.59 Å². The molecule has 18 heavy (non-hydrogen) atoms. The number of hydrogen-bond donors (Lipinski definition) is 3. The number of nitrogens with one attached hydrogen (secondary N) is 3. The molecule has 0 saturated carbocycles. The van der Waals surface area contributed by atoms with Gasteiger partial charge in [0.25, 0.3) is 0 Å². The molecule has 0 aromatic heterocycles. The van der Waals surface area contributed by atoms with Crippen molar-refractivity contribution < 1.29 is 9.59 Å². The van der Waals surface area contributed by atoms with Crippen molar-refractivity contribution in [1.29, 1.82) is 0 Å². The summed E-state index contributed by atoms with van der Waals surface area (Å²) in [6.45, 7) is 10.4. The van der Waals surface area contributed by atoms with Crippen molar-refractivity contribution in [2.24, 2.45) is 5.92 Å². The maximum atomic E-state index is 12.0. The van der Waals surface area contributed by atoms with E-state index < -0.39 is 6.04 Å². The smallest absolute Gasteiger partial charge is 0.242 e. The highest BCUT2D eigenvalue weighted by atomic mass is 16.2. The molecule has 0 radical (unpaired) electrons. The van der Waals surface area contributed by atoms with Gasteiger partial charge in [-0.1, -0.05) is 6.92 Å². The minimum Gasteiger partial charge on any atom is -0.350 e. The van der Waals surface area contributed by atoms with Crippen LogP contribution in [0.1, 0.15) is 41.0 Å². The second-order valence-electron chi connectivity index (χ2n) is 6.17. The Kier molecular flexibility index (Phi) is 4.73. The third-order valence-corrected chi connectivity index (χ3v) is 3.07. The summed E-state index contributed by atoms with van der Waals surface area (Å²) in [6.07, 6.45) is 1.00. The Morgan fingerprint density at radius 2 is 1.94 bits per heavy atom. The van der Waals surface area contributed by atoms with Crippen LogP contribution in [0.25, 0.3) is 0 Å². The Morgan fingerprint density at radius 1 is 1.33 bits per heavy atom.